The zero-order valence-corrected chi connectivity index (χ0v) is 12.6. The van der Waals surface area contributed by atoms with Crippen molar-refractivity contribution >= 4 is 16.8 Å². The Hall–Kier alpha value is -3.56. The number of aromatic nitrogens is 1. The Morgan fingerprint density at radius 1 is 0.833 bits per heavy atom. The number of nitrogens with zero attached hydrogens (tertiary/aromatic N) is 4. The number of hydrogen-bond donors (Lipinski definition) is 0. The third-order valence-electron chi connectivity index (χ3n) is 3.77. The minimum absolute atomic E-state index is 0.518. The molecule has 1 aromatic heterocycles. The standard InChI is InChI=1S/C19H12N4O/c20-23-22-16-10-11-18-17(12-16)21-19(24-18)15-8-6-14(7-9-15)13-4-2-1-3-5-13/h1-12H. The maximum Gasteiger partial charge on any atom is 0.227 e. The molecular formula is C19H12N4O. The smallest absolute Gasteiger partial charge is 0.227 e. The summed E-state index contributed by atoms with van der Waals surface area (Å²) in [7, 11) is 0. The molecule has 24 heavy (non-hydrogen) atoms. The SMILES string of the molecule is [N-]=[N+]=Nc1ccc2oc(-c3ccc(-c4ccccc4)cc3)nc2c1. The van der Waals surface area contributed by atoms with E-state index in [2.05, 4.69) is 27.1 Å². The Labute approximate surface area is 137 Å². The quantitative estimate of drug-likeness (QED) is 0.260. The zero-order chi connectivity index (χ0) is 16.4. The van der Waals surface area contributed by atoms with E-state index in [1.54, 1.807) is 18.2 Å². The van der Waals surface area contributed by atoms with Crippen LogP contribution in [0.4, 0.5) is 5.69 Å². The Morgan fingerprint density at radius 2 is 1.54 bits per heavy atom. The van der Waals surface area contributed by atoms with Crippen LogP contribution >= 0.6 is 0 Å². The Bertz CT molecular complexity index is 1050. The van der Waals surface area contributed by atoms with Crippen LogP contribution in [0.1, 0.15) is 0 Å². The Balaban J connectivity index is 1.70. The summed E-state index contributed by atoms with van der Waals surface area (Å²) in [5, 5.41) is 3.58. The fourth-order valence-electron chi connectivity index (χ4n) is 2.59. The van der Waals surface area contributed by atoms with Crippen LogP contribution in [-0.4, -0.2) is 4.98 Å². The van der Waals surface area contributed by atoms with Gasteiger partial charge in [0.2, 0.25) is 5.89 Å². The Kier molecular flexibility index (Phi) is 3.46. The van der Waals surface area contributed by atoms with Crippen LogP contribution in [0.5, 0.6) is 0 Å². The van der Waals surface area contributed by atoms with Gasteiger partial charge in [-0.3, -0.25) is 0 Å². The lowest BCUT2D eigenvalue weighted by atomic mass is 10.0. The van der Waals surface area contributed by atoms with Crippen LogP contribution in [-0.2, 0) is 0 Å². The summed E-state index contributed by atoms with van der Waals surface area (Å²) in [6.45, 7) is 0. The van der Waals surface area contributed by atoms with Crippen LogP contribution in [0, 0.1) is 0 Å². The first-order chi connectivity index (χ1) is 11.8. The van der Waals surface area contributed by atoms with Crippen molar-refractivity contribution in [1.82, 2.24) is 4.98 Å². The van der Waals surface area contributed by atoms with Gasteiger partial charge < -0.3 is 4.42 Å². The first-order valence-corrected chi connectivity index (χ1v) is 7.45. The molecule has 0 saturated heterocycles. The Morgan fingerprint density at radius 3 is 2.29 bits per heavy atom. The first kappa shape index (κ1) is 14.1. The predicted molar refractivity (Wildman–Crippen MR) is 93.7 cm³/mol. The zero-order valence-electron chi connectivity index (χ0n) is 12.6. The molecule has 1 heterocycles. The molecule has 5 nitrogen and oxygen atoms in total. The van der Waals surface area contributed by atoms with E-state index >= 15 is 0 Å². The highest BCUT2D eigenvalue weighted by molar-refractivity contribution is 5.79. The normalized spacial score (nSPS) is 10.5. The lowest BCUT2D eigenvalue weighted by Gasteiger charge is -2.02. The van der Waals surface area contributed by atoms with Gasteiger partial charge in [0.25, 0.3) is 0 Å². The minimum Gasteiger partial charge on any atom is -0.436 e. The molecule has 0 saturated carbocycles. The van der Waals surface area contributed by atoms with Crippen LogP contribution in [0.15, 0.2) is 82.3 Å². The lowest BCUT2D eigenvalue weighted by molar-refractivity contribution is 0.620. The van der Waals surface area contributed by atoms with Crippen molar-refractivity contribution in [2.75, 3.05) is 0 Å². The molecule has 0 N–H and O–H groups in total. The predicted octanol–water partition coefficient (Wildman–Crippen LogP) is 6.10. The molecule has 5 heteroatoms. The highest BCUT2D eigenvalue weighted by Gasteiger charge is 2.09. The maximum absolute atomic E-state index is 8.51. The molecule has 0 radical (unpaired) electrons. The van der Waals surface area contributed by atoms with E-state index < -0.39 is 0 Å². The molecule has 0 bridgehead atoms. The summed E-state index contributed by atoms with van der Waals surface area (Å²) in [6, 6.07) is 23.4. The van der Waals surface area contributed by atoms with Crippen molar-refractivity contribution in [2.45, 2.75) is 0 Å². The molecule has 0 unspecified atom stereocenters. The molecular weight excluding hydrogens is 300 g/mol. The van der Waals surface area contributed by atoms with Crippen molar-refractivity contribution in [3.63, 3.8) is 0 Å². The van der Waals surface area contributed by atoms with Gasteiger partial charge in [-0.2, -0.15) is 0 Å². The first-order valence-electron chi connectivity index (χ1n) is 7.45. The summed E-state index contributed by atoms with van der Waals surface area (Å²) in [5.74, 6) is 0.544. The molecule has 4 rings (SSSR count). The van der Waals surface area contributed by atoms with Crippen molar-refractivity contribution in [2.24, 2.45) is 5.11 Å². The number of hydrogen-bond acceptors (Lipinski definition) is 3. The highest BCUT2D eigenvalue weighted by atomic mass is 16.3. The maximum atomic E-state index is 8.51. The van der Waals surface area contributed by atoms with Gasteiger partial charge in [-0.25, -0.2) is 4.98 Å². The number of fused-ring (bicyclic) bond motifs is 1. The van der Waals surface area contributed by atoms with Crippen molar-refractivity contribution in [3.05, 3.63) is 83.2 Å². The fraction of sp³-hybridized carbons (Fsp3) is 0. The number of azide groups is 1. The van der Waals surface area contributed by atoms with Gasteiger partial charge >= 0.3 is 0 Å². The second-order valence-electron chi connectivity index (χ2n) is 5.30. The number of benzene rings is 3. The van der Waals surface area contributed by atoms with Gasteiger partial charge in [-0.05, 0) is 47.0 Å². The summed E-state index contributed by atoms with van der Waals surface area (Å²) in [6.07, 6.45) is 0. The molecule has 0 amide bonds. The molecule has 4 aromatic rings. The largest absolute Gasteiger partial charge is 0.436 e. The minimum atomic E-state index is 0.518. The summed E-state index contributed by atoms with van der Waals surface area (Å²) < 4.78 is 5.79. The number of rotatable bonds is 3. The van der Waals surface area contributed by atoms with E-state index in [0.717, 1.165) is 11.1 Å². The number of oxazole rings is 1. The van der Waals surface area contributed by atoms with Crippen LogP contribution in [0.25, 0.3) is 44.1 Å². The topological polar surface area (TPSA) is 74.8 Å². The second kappa shape index (κ2) is 5.91. The van der Waals surface area contributed by atoms with E-state index in [0.29, 0.717) is 22.7 Å². The van der Waals surface area contributed by atoms with Crippen LogP contribution in [0.3, 0.4) is 0 Å². The highest BCUT2D eigenvalue weighted by Crippen LogP contribution is 2.28. The summed E-state index contributed by atoms with van der Waals surface area (Å²) in [4.78, 5) is 7.26. The monoisotopic (exact) mass is 312 g/mol. The van der Waals surface area contributed by atoms with E-state index in [4.69, 9.17) is 9.95 Å². The lowest BCUT2D eigenvalue weighted by Crippen LogP contribution is -1.80. The summed E-state index contributed by atoms with van der Waals surface area (Å²) in [5.41, 5.74) is 13.6. The van der Waals surface area contributed by atoms with Gasteiger partial charge in [-0.15, -0.1) is 0 Å². The molecule has 114 valence electrons. The molecule has 0 aliphatic carbocycles. The van der Waals surface area contributed by atoms with Gasteiger partial charge in [0.15, 0.2) is 5.58 Å². The average Bonchev–Trinajstić information content (AvgIpc) is 3.06. The van der Waals surface area contributed by atoms with Gasteiger partial charge in [0, 0.05) is 16.2 Å². The second-order valence-corrected chi connectivity index (χ2v) is 5.30. The van der Waals surface area contributed by atoms with E-state index in [1.807, 2.05) is 42.5 Å². The van der Waals surface area contributed by atoms with Crippen LogP contribution < -0.4 is 0 Å². The molecule has 0 fully saturated rings. The van der Waals surface area contributed by atoms with Crippen molar-refractivity contribution in [1.29, 1.82) is 0 Å². The molecule has 0 spiro atoms. The third-order valence-corrected chi connectivity index (χ3v) is 3.77. The molecule has 3 aromatic carbocycles. The molecule has 0 atom stereocenters. The fourth-order valence-corrected chi connectivity index (χ4v) is 2.59. The molecule has 0 aliphatic heterocycles. The average molecular weight is 312 g/mol. The molecule has 0 aliphatic rings. The van der Waals surface area contributed by atoms with Crippen molar-refractivity contribution in [3.8, 4) is 22.6 Å². The van der Waals surface area contributed by atoms with Gasteiger partial charge in [0.1, 0.15) is 5.52 Å². The van der Waals surface area contributed by atoms with Gasteiger partial charge in [-0.1, -0.05) is 47.6 Å². The van der Waals surface area contributed by atoms with E-state index in [1.165, 1.54) is 5.56 Å². The third kappa shape index (κ3) is 2.60. The van der Waals surface area contributed by atoms with Gasteiger partial charge in [0.05, 0.1) is 0 Å². The van der Waals surface area contributed by atoms with Crippen molar-refractivity contribution < 1.29 is 4.42 Å². The van der Waals surface area contributed by atoms with E-state index in [9.17, 15) is 0 Å². The van der Waals surface area contributed by atoms with E-state index in [-0.39, 0.29) is 0 Å². The van der Waals surface area contributed by atoms with Crippen LogP contribution in [0.2, 0.25) is 0 Å². The summed E-state index contributed by atoms with van der Waals surface area (Å²) >= 11 is 0.